The van der Waals surface area contributed by atoms with Gasteiger partial charge in [0.15, 0.2) is 0 Å². The van der Waals surface area contributed by atoms with E-state index in [-0.39, 0.29) is 16.1 Å². The predicted molar refractivity (Wildman–Crippen MR) is 49.5 cm³/mol. The smallest absolute Gasteiger partial charge is 0.338 e. The number of primary amides is 1. The predicted octanol–water partition coefficient (Wildman–Crippen LogP) is 0.841. The standard InChI is InChI=1S/C8H7ClN2O3/c1-3-6(9)5(7(10)12)4(2-11-3)8(13)14/h2H,1H3,(H2,10,12)(H,13,14). The van der Waals surface area contributed by atoms with Gasteiger partial charge in [-0.2, -0.15) is 0 Å². The molecule has 1 amide bonds. The second-order valence-electron chi connectivity index (χ2n) is 2.62. The Balaban J connectivity index is 3.53. The molecule has 0 saturated carbocycles. The zero-order valence-electron chi connectivity index (χ0n) is 7.24. The highest BCUT2D eigenvalue weighted by Crippen LogP contribution is 2.21. The molecule has 1 aromatic heterocycles. The fourth-order valence-electron chi connectivity index (χ4n) is 0.985. The van der Waals surface area contributed by atoms with Crippen LogP contribution in [0.25, 0.3) is 0 Å². The number of aromatic carboxylic acids is 1. The quantitative estimate of drug-likeness (QED) is 0.763. The third-order valence-corrected chi connectivity index (χ3v) is 2.13. The van der Waals surface area contributed by atoms with Gasteiger partial charge in [0, 0.05) is 6.20 Å². The number of carboxylic acids is 1. The van der Waals surface area contributed by atoms with Crippen LogP contribution in [0.4, 0.5) is 0 Å². The Labute approximate surface area is 84.5 Å². The van der Waals surface area contributed by atoms with Gasteiger partial charge in [-0.15, -0.1) is 0 Å². The van der Waals surface area contributed by atoms with Gasteiger partial charge in [-0.25, -0.2) is 4.79 Å². The molecule has 0 aromatic carbocycles. The number of carbonyl (C=O) groups is 2. The molecule has 1 aromatic rings. The summed E-state index contributed by atoms with van der Waals surface area (Å²) in [5, 5.41) is 8.71. The van der Waals surface area contributed by atoms with E-state index in [4.69, 9.17) is 22.4 Å². The lowest BCUT2D eigenvalue weighted by Gasteiger charge is -2.05. The Morgan fingerprint density at radius 1 is 1.57 bits per heavy atom. The maximum atomic E-state index is 10.9. The van der Waals surface area contributed by atoms with Gasteiger partial charge in [-0.1, -0.05) is 11.6 Å². The number of rotatable bonds is 2. The normalized spacial score (nSPS) is 9.86. The summed E-state index contributed by atoms with van der Waals surface area (Å²) in [5.41, 5.74) is 4.89. The lowest BCUT2D eigenvalue weighted by atomic mass is 10.1. The molecule has 0 saturated heterocycles. The van der Waals surface area contributed by atoms with E-state index < -0.39 is 11.9 Å². The van der Waals surface area contributed by atoms with Crippen molar-refractivity contribution in [1.82, 2.24) is 4.98 Å². The molecule has 5 nitrogen and oxygen atoms in total. The Kier molecular flexibility index (Phi) is 2.71. The second-order valence-corrected chi connectivity index (χ2v) is 2.99. The summed E-state index contributed by atoms with van der Waals surface area (Å²) in [4.78, 5) is 25.4. The minimum atomic E-state index is -1.28. The highest BCUT2D eigenvalue weighted by Gasteiger charge is 2.19. The van der Waals surface area contributed by atoms with Crippen LogP contribution in [0.5, 0.6) is 0 Å². The van der Waals surface area contributed by atoms with E-state index in [0.29, 0.717) is 5.69 Å². The monoisotopic (exact) mass is 214 g/mol. The van der Waals surface area contributed by atoms with Crippen LogP contribution in [0.3, 0.4) is 0 Å². The van der Waals surface area contributed by atoms with Crippen molar-refractivity contribution in [3.8, 4) is 0 Å². The van der Waals surface area contributed by atoms with Crippen LogP contribution in [0.15, 0.2) is 6.20 Å². The Hall–Kier alpha value is -1.62. The molecule has 0 radical (unpaired) electrons. The van der Waals surface area contributed by atoms with Crippen molar-refractivity contribution in [1.29, 1.82) is 0 Å². The molecule has 1 heterocycles. The average molecular weight is 215 g/mol. The fraction of sp³-hybridized carbons (Fsp3) is 0.125. The molecule has 0 atom stereocenters. The van der Waals surface area contributed by atoms with Gasteiger partial charge >= 0.3 is 5.97 Å². The molecule has 0 unspecified atom stereocenters. The first-order valence-corrected chi connectivity index (χ1v) is 4.01. The molecule has 0 aliphatic rings. The number of carbonyl (C=O) groups excluding carboxylic acids is 1. The number of hydrogen-bond acceptors (Lipinski definition) is 3. The Morgan fingerprint density at radius 3 is 2.57 bits per heavy atom. The van der Waals surface area contributed by atoms with E-state index in [1.165, 1.54) is 0 Å². The van der Waals surface area contributed by atoms with Gasteiger partial charge < -0.3 is 10.8 Å². The van der Waals surface area contributed by atoms with Crippen LogP contribution < -0.4 is 5.73 Å². The van der Waals surface area contributed by atoms with Crippen molar-refractivity contribution in [2.45, 2.75) is 6.92 Å². The van der Waals surface area contributed by atoms with Crippen molar-refractivity contribution in [2.24, 2.45) is 5.73 Å². The highest BCUT2D eigenvalue weighted by atomic mass is 35.5. The number of hydrogen-bond donors (Lipinski definition) is 2. The lowest BCUT2D eigenvalue weighted by molar-refractivity contribution is 0.0691. The third-order valence-electron chi connectivity index (χ3n) is 1.67. The van der Waals surface area contributed by atoms with E-state index in [0.717, 1.165) is 6.20 Å². The Morgan fingerprint density at radius 2 is 2.14 bits per heavy atom. The van der Waals surface area contributed by atoms with E-state index in [9.17, 15) is 9.59 Å². The minimum absolute atomic E-state index is 0.0163. The van der Waals surface area contributed by atoms with Crippen LogP contribution >= 0.6 is 11.6 Å². The number of pyridine rings is 1. The zero-order valence-corrected chi connectivity index (χ0v) is 8.00. The van der Waals surface area contributed by atoms with Gasteiger partial charge in [0.05, 0.1) is 21.8 Å². The molecular formula is C8H7ClN2O3. The van der Waals surface area contributed by atoms with Crippen molar-refractivity contribution in [2.75, 3.05) is 0 Å². The number of aryl methyl sites for hydroxylation is 1. The molecule has 6 heteroatoms. The lowest BCUT2D eigenvalue weighted by Crippen LogP contribution is -2.18. The van der Waals surface area contributed by atoms with Crippen LogP contribution in [0.1, 0.15) is 26.4 Å². The summed E-state index contributed by atoms with van der Waals surface area (Å²) in [5.74, 6) is -2.16. The van der Waals surface area contributed by atoms with E-state index in [1.807, 2.05) is 0 Å². The number of halogens is 1. The van der Waals surface area contributed by atoms with Gasteiger partial charge in [0.2, 0.25) is 0 Å². The number of nitrogens with zero attached hydrogens (tertiary/aromatic N) is 1. The van der Waals surface area contributed by atoms with Crippen LogP contribution in [0.2, 0.25) is 5.02 Å². The molecule has 0 spiro atoms. The number of carboxylic acid groups (broad SMARTS) is 1. The molecule has 0 fully saturated rings. The maximum Gasteiger partial charge on any atom is 0.338 e. The van der Waals surface area contributed by atoms with Gasteiger partial charge in [-0.05, 0) is 6.92 Å². The second kappa shape index (κ2) is 3.63. The van der Waals surface area contributed by atoms with E-state index in [1.54, 1.807) is 6.92 Å². The van der Waals surface area contributed by atoms with E-state index >= 15 is 0 Å². The molecule has 1 rings (SSSR count). The van der Waals surface area contributed by atoms with Crippen molar-refractivity contribution in [3.63, 3.8) is 0 Å². The van der Waals surface area contributed by atoms with Crippen LogP contribution in [-0.4, -0.2) is 22.0 Å². The van der Waals surface area contributed by atoms with Crippen molar-refractivity contribution < 1.29 is 14.7 Å². The van der Waals surface area contributed by atoms with Crippen LogP contribution in [0, 0.1) is 6.92 Å². The molecular weight excluding hydrogens is 208 g/mol. The summed E-state index contributed by atoms with van der Waals surface area (Å²) in [6.07, 6.45) is 1.06. The number of nitrogens with two attached hydrogens (primary N) is 1. The summed E-state index contributed by atoms with van der Waals surface area (Å²) >= 11 is 5.71. The van der Waals surface area contributed by atoms with Gasteiger partial charge in [0.25, 0.3) is 5.91 Å². The first-order valence-electron chi connectivity index (χ1n) is 3.63. The molecule has 0 bridgehead atoms. The number of aromatic nitrogens is 1. The molecule has 3 N–H and O–H groups in total. The Bertz CT molecular complexity index is 417. The zero-order chi connectivity index (χ0) is 10.9. The largest absolute Gasteiger partial charge is 0.478 e. The van der Waals surface area contributed by atoms with Gasteiger partial charge in [0.1, 0.15) is 0 Å². The van der Waals surface area contributed by atoms with Gasteiger partial charge in [-0.3, -0.25) is 9.78 Å². The molecule has 74 valence electrons. The molecule has 0 aliphatic carbocycles. The third kappa shape index (κ3) is 1.67. The first-order chi connectivity index (χ1) is 6.45. The minimum Gasteiger partial charge on any atom is -0.478 e. The molecule has 14 heavy (non-hydrogen) atoms. The topological polar surface area (TPSA) is 93.3 Å². The summed E-state index contributed by atoms with van der Waals surface area (Å²) in [6.45, 7) is 1.56. The SMILES string of the molecule is Cc1ncc(C(=O)O)c(C(N)=O)c1Cl. The average Bonchev–Trinajstić information content (AvgIpc) is 2.08. The van der Waals surface area contributed by atoms with E-state index in [2.05, 4.69) is 4.98 Å². The highest BCUT2D eigenvalue weighted by molar-refractivity contribution is 6.35. The maximum absolute atomic E-state index is 10.9. The first kappa shape index (κ1) is 10.5. The fourth-order valence-corrected chi connectivity index (χ4v) is 1.23. The van der Waals surface area contributed by atoms with Crippen molar-refractivity contribution >= 4 is 23.5 Å². The molecule has 0 aliphatic heterocycles. The summed E-state index contributed by atoms with van der Waals surface area (Å²) in [6, 6.07) is 0. The summed E-state index contributed by atoms with van der Waals surface area (Å²) < 4.78 is 0. The van der Waals surface area contributed by atoms with Crippen LogP contribution in [-0.2, 0) is 0 Å². The van der Waals surface area contributed by atoms with Crippen molar-refractivity contribution in [3.05, 3.63) is 28.0 Å². The number of amides is 1. The summed E-state index contributed by atoms with van der Waals surface area (Å²) in [7, 11) is 0.